The molecule has 2 atom stereocenters. The van der Waals surface area contributed by atoms with Crippen LogP contribution in [0.4, 0.5) is 72.6 Å². The predicted octanol–water partition coefficient (Wildman–Crippen LogP) is 37.9. The van der Waals surface area contributed by atoms with E-state index in [1.165, 1.54) is 103 Å². The van der Waals surface area contributed by atoms with Crippen LogP contribution in [-0.2, 0) is 38.2 Å². The molecule has 1 fully saturated rings. The van der Waals surface area contributed by atoms with Crippen molar-refractivity contribution < 1.29 is 4.39 Å². The van der Waals surface area contributed by atoms with Crippen molar-refractivity contribution >= 4 is 68.2 Å². The van der Waals surface area contributed by atoms with E-state index in [0.717, 1.165) is 85.2 Å². The highest BCUT2D eigenvalue weighted by Crippen LogP contribution is 2.77. The minimum absolute atomic E-state index is 0.0134. The Balaban J connectivity index is 0.000000120. The number of halogens is 1. The summed E-state index contributed by atoms with van der Waals surface area (Å²) in [5.41, 5.74) is 41.4. The molecule has 0 saturated heterocycles. The van der Waals surface area contributed by atoms with E-state index in [4.69, 9.17) is 0 Å². The lowest BCUT2D eigenvalue weighted by molar-refractivity contribution is -0.0105. The molecule has 141 heavy (non-hydrogen) atoms. The number of hydrogen-bond acceptors (Lipinski definition) is 5. The van der Waals surface area contributed by atoms with Crippen LogP contribution < -0.4 is 19.6 Å². The summed E-state index contributed by atoms with van der Waals surface area (Å²) in [6.45, 7) is 54.1. The van der Waals surface area contributed by atoms with Gasteiger partial charge < -0.3 is 19.6 Å². The molecule has 5 nitrogen and oxygen atoms in total. The number of aryl methyl sites for hydroxylation is 4. The molecule has 0 amide bonds. The molecule has 714 valence electrons. The lowest BCUT2D eigenvalue weighted by atomic mass is 9.47. The molecule has 6 aliphatic rings. The Bertz CT molecular complexity index is 7110. The number of nitrogens with zero attached hydrogens (tertiary/aromatic N) is 5. The summed E-state index contributed by atoms with van der Waals surface area (Å²) in [5.74, 6) is 1.52. The molecule has 1 saturated carbocycles. The van der Waals surface area contributed by atoms with Crippen LogP contribution >= 0.6 is 0 Å². The van der Waals surface area contributed by atoms with Gasteiger partial charge in [0.1, 0.15) is 5.82 Å². The van der Waals surface area contributed by atoms with E-state index in [1.807, 2.05) is 12.1 Å². The molecule has 16 aromatic carbocycles. The molecule has 22 rings (SSSR count). The van der Waals surface area contributed by atoms with Gasteiger partial charge in [-0.1, -0.05) is 322 Å². The summed E-state index contributed by atoms with van der Waals surface area (Å²) in [7, 11) is 2.24. The van der Waals surface area contributed by atoms with Crippen molar-refractivity contribution in [1.29, 1.82) is 0 Å². The van der Waals surface area contributed by atoms with Crippen LogP contribution in [0.15, 0.2) is 376 Å². The average molecular weight is 1850 g/mol. The molecule has 0 spiro atoms. The molecule has 2 unspecified atom stereocenters. The van der Waals surface area contributed by atoms with E-state index < -0.39 is 0 Å². The van der Waals surface area contributed by atoms with Crippen LogP contribution in [0, 0.1) is 49.8 Å². The zero-order valence-electron chi connectivity index (χ0n) is 87.7. The number of para-hydroxylation sites is 8. The average Bonchev–Trinajstić information content (AvgIpc) is 1.47. The van der Waals surface area contributed by atoms with Crippen molar-refractivity contribution in [2.75, 3.05) is 26.6 Å². The fourth-order valence-electron chi connectivity index (χ4n) is 25.5. The van der Waals surface area contributed by atoms with Crippen molar-refractivity contribution in [3.05, 3.63) is 454 Å². The second kappa shape index (κ2) is 36.3. The maximum Gasteiger partial charge on any atom is 0.127 e. The topological polar surface area (TPSA) is 16.2 Å². The second-order valence-corrected chi connectivity index (χ2v) is 45.8. The highest BCUT2D eigenvalue weighted by Gasteiger charge is 2.72. The lowest BCUT2D eigenvalue weighted by Crippen LogP contribution is -2.55. The summed E-state index contributed by atoms with van der Waals surface area (Å²) in [4.78, 5) is 11.8. The van der Waals surface area contributed by atoms with Crippen LogP contribution in [-0.4, -0.2) is 11.9 Å². The van der Waals surface area contributed by atoms with Crippen molar-refractivity contribution in [3.63, 3.8) is 0 Å². The zero-order chi connectivity index (χ0) is 99.6. The smallest absolute Gasteiger partial charge is 0.127 e. The van der Waals surface area contributed by atoms with Crippen molar-refractivity contribution in [2.45, 2.75) is 228 Å². The zero-order valence-corrected chi connectivity index (χ0v) is 87.7. The first kappa shape index (κ1) is 96.5. The number of anilines is 12. The van der Waals surface area contributed by atoms with Gasteiger partial charge in [-0.3, -0.25) is 4.90 Å². The van der Waals surface area contributed by atoms with Crippen LogP contribution in [0.25, 0.3) is 44.5 Å². The Morgan fingerprint density at radius 2 is 0.525 bits per heavy atom. The van der Waals surface area contributed by atoms with Gasteiger partial charge in [-0.15, -0.1) is 0 Å². The summed E-state index contributed by atoms with van der Waals surface area (Å²) in [5, 5.41) is 0. The third kappa shape index (κ3) is 16.1. The molecule has 16 aromatic rings. The molecule has 0 radical (unpaired) electrons. The van der Waals surface area contributed by atoms with Gasteiger partial charge in [0, 0.05) is 84.7 Å². The number of rotatable bonds is 16. The lowest BCUT2D eigenvalue weighted by Gasteiger charge is -2.56. The highest BCUT2D eigenvalue weighted by molar-refractivity contribution is 5.88. The van der Waals surface area contributed by atoms with Crippen molar-refractivity contribution in [3.8, 4) is 44.5 Å². The predicted molar refractivity (Wildman–Crippen MR) is 599 cm³/mol. The number of benzene rings is 16. The summed E-state index contributed by atoms with van der Waals surface area (Å²) in [6.07, 6.45) is 4.14. The third-order valence-electron chi connectivity index (χ3n) is 36.8. The Morgan fingerprint density at radius 3 is 0.887 bits per heavy atom. The van der Waals surface area contributed by atoms with Gasteiger partial charge in [0.25, 0.3) is 0 Å². The van der Waals surface area contributed by atoms with Crippen molar-refractivity contribution in [2.24, 2.45) is 16.2 Å². The van der Waals surface area contributed by atoms with Crippen LogP contribution in [0.3, 0.4) is 0 Å². The third-order valence-corrected chi connectivity index (χ3v) is 36.8. The van der Waals surface area contributed by atoms with E-state index in [0.29, 0.717) is 0 Å². The van der Waals surface area contributed by atoms with Crippen LogP contribution in [0.1, 0.15) is 235 Å². The fraction of sp³-hybridized carbons (Fsp3) is 0.289. The largest absolute Gasteiger partial charge is 0.310 e. The standard InChI is InChI=1S/C39H45N.C34H36FN.C32H34N2.C30H27N/c1-26-21-22-30(40(28-17-13-11-14-18-28)29-19-15-12-16-20-29)25-31(26)27-23-32-34-33(24-27)36(4,5)38(8,9)39(34,10)37(6,7)35(32,2)3;1-23-18-19-27(36(25-14-10-8-11-15-25)26-16-12-9-13-17-26)22-28(23)24-20-29-31(30(35)21-24)33(4,5)34(6,7)32(29,2)3;1-23-17-19-27(34(25-13-9-7-10-14-25)26-15-11-8-12-16-26)22-28(23)24-18-20-29-30(21-24)32(4,5)33(6)31(29,2)3;1-21-18-27(31(25-8-4-2-5-9-25)26-10-6-3-7-11-26)15-17-28(21)24-14-16-29-22-12-13-23(19-22)30(29)20-24/h11-25H,1-10H3;8-22H,1-7H3;7-22H,1-6H3;2-11,14-18,20,22-23H,12-13,19H2,1H3. The van der Waals surface area contributed by atoms with Crippen molar-refractivity contribution in [1.82, 2.24) is 4.90 Å². The van der Waals surface area contributed by atoms with Gasteiger partial charge in [-0.2, -0.15) is 0 Å². The highest BCUT2D eigenvalue weighted by atomic mass is 19.1. The Hall–Kier alpha value is -13.4. The quantitative estimate of drug-likeness (QED) is 0.0955. The molecule has 5 aliphatic carbocycles. The molecule has 2 bridgehead atoms. The Morgan fingerprint density at radius 1 is 0.234 bits per heavy atom. The molecular formula is C135H142FN5. The minimum Gasteiger partial charge on any atom is -0.310 e. The fourth-order valence-corrected chi connectivity index (χ4v) is 25.5. The maximum absolute atomic E-state index is 15.9. The van der Waals surface area contributed by atoms with E-state index >= 15 is 4.39 Å². The molecule has 6 heteroatoms. The summed E-state index contributed by atoms with van der Waals surface area (Å²) in [6, 6.07) is 135. The van der Waals surface area contributed by atoms with E-state index in [-0.39, 0.29) is 60.2 Å². The van der Waals surface area contributed by atoms with E-state index in [2.05, 4.69) is 549 Å². The van der Waals surface area contributed by atoms with Gasteiger partial charge >= 0.3 is 0 Å². The van der Waals surface area contributed by atoms with Gasteiger partial charge in [0.15, 0.2) is 0 Å². The van der Waals surface area contributed by atoms with Gasteiger partial charge in [0.2, 0.25) is 0 Å². The second-order valence-electron chi connectivity index (χ2n) is 45.8. The summed E-state index contributed by atoms with van der Waals surface area (Å²) >= 11 is 0. The number of hydrogen-bond donors (Lipinski definition) is 0. The van der Waals surface area contributed by atoms with E-state index in [1.54, 1.807) is 33.9 Å². The van der Waals surface area contributed by atoms with E-state index in [9.17, 15) is 0 Å². The SMILES string of the molecule is Cc1cc(N(c2ccccc2)c2ccccc2)ccc1-c1ccc2c(c1)C1CCC2C1.Cc1ccc(N(c2ccccc2)c2ccccc2)cc1-c1cc(F)c2c(c1)C(C)(C)C(C)(C)C2(C)C.Cc1ccc(N(c2ccccc2)c2ccccc2)cc1-c1cc2c3c(c1)C(C)(C)C(C)(C)C3(C)C(C)(C)C2(C)C.Cc1ccc(N(c2ccccc2)c2ccccc2)cc1-c1ccc2c(c1)C(C)(C)N(C)C2(C)C. The molecule has 1 heterocycles. The first-order valence-corrected chi connectivity index (χ1v) is 51.3. The van der Waals surface area contributed by atoms with Crippen LogP contribution in [0.5, 0.6) is 0 Å². The Kier molecular flexibility index (Phi) is 24.8. The monoisotopic (exact) mass is 1850 g/mol. The Labute approximate surface area is 841 Å². The maximum atomic E-state index is 15.9. The van der Waals surface area contributed by atoms with Gasteiger partial charge in [0.05, 0.1) is 0 Å². The van der Waals surface area contributed by atoms with Gasteiger partial charge in [-0.05, 0) is 406 Å². The molecule has 0 N–H and O–H groups in total. The summed E-state index contributed by atoms with van der Waals surface area (Å²) < 4.78 is 15.9. The molecule has 0 aromatic heterocycles. The van der Waals surface area contributed by atoms with Crippen LogP contribution in [0.2, 0.25) is 0 Å². The normalized spacial score (nSPS) is 18.1. The number of fused-ring (bicyclic) bond motifs is 7. The first-order chi connectivity index (χ1) is 67.1. The first-order valence-electron chi connectivity index (χ1n) is 51.3. The molecular weight excluding hydrogens is 1710 g/mol. The minimum atomic E-state index is -0.261. The van der Waals surface area contributed by atoms with Gasteiger partial charge in [-0.25, -0.2) is 4.39 Å². The molecule has 1 aliphatic heterocycles.